The minimum atomic E-state index is -4.57. The van der Waals surface area contributed by atoms with E-state index in [0.717, 1.165) is 9.09 Å². The summed E-state index contributed by atoms with van der Waals surface area (Å²) >= 11 is 3.52. The van der Waals surface area contributed by atoms with Gasteiger partial charge in [-0.1, -0.05) is 0 Å². The Morgan fingerprint density at radius 2 is 2.12 bits per heavy atom. The van der Waals surface area contributed by atoms with Gasteiger partial charge in [0.2, 0.25) is 0 Å². The number of fused-ring (bicyclic) bond motifs is 2. The van der Waals surface area contributed by atoms with Gasteiger partial charge in [0.05, 0.1) is 12.9 Å². The molecule has 5 atom stereocenters. The zero-order valence-corrected chi connectivity index (χ0v) is 21.3. The standard InChI is InChI=1S/C19H19IN5O7PS/c1-34-18-14-17(22-7-23-18)25(8-24-14)19-16(27)15(26)13(31-19)6-30-33(28,29)32-12-5-21-11-3-2-9(20)4-10(11)12/h2-5,7-8,13,15-16,19,21,26-27H,6H2,1H3,(H,28,29). The Hall–Kier alpha value is -1.78. The van der Waals surface area contributed by atoms with E-state index in [1.54, 1.807) is 6.07 Å². The number of benzene rings is 1. The quantitative estimate of drug-likeness (QED) is 0.104. The number of imidazole rings is 1. The first-order valence-electron chi connectivity index (χ1n) is 9.94. The third kappa shape index (κ3) is 4.44. The topological polar surface area (TPSA) is 165 Å². The van der Waals surface area contributed by atoms with Crippen LogP contribution in [0.15, 0.2) is 42.1 Å². The van der Waals surface area contributed by atoms with Crippen molar-refractivity contribution in [2.24, 2.45) is 0 Å². The van der Waals surface area contributed by atoms with Crippen LogP contribution in [0.1, 0.15) is 6.23 Å². The largest absolute Gasteiger partial charge is 0.527 e. The number of nitrogens with zero attached hydrogens (tertiary/aromatic N) is 4. The minimum Gasteiger partial charge on any atom is -0.402 e. The van der Waals surface area contributed by atoms with Crippen molar-refractivity contribution in [1.29, 1.82) is 0 Å². The first-order valence-corrected chi connectivity index (χ1v) is 13.7. The molecule has 34 heavy (non-hydrogen) atoms. The molecule has 0 spiro atoms. The summed E-state index contributed by atoms with van der Waals surface area (Å²) in [5.41, 5.74) is 1.68. The third-order valence-corrected chi connectivity index (χ3v) is 7.61. The fourth-order valence-corrected chi connectivity index (χ4v) is 5.49. The molecule has 1 aliphatic rings. The van der Waals surface area contributed by atoms with Gasteiger partial charge in [-0.3, -0.25) is 14.0 Å². The Bertz CT molecular complexity index is 1400. The molecular formula is C19H19IN5O7PS. The number of aliphatic hydroxyl groups excluding tert-OH is 2. The molecule has 5 unspecified atom stereocenters. The predicted octanol–water partition coefficient (Wildman–Crippen LogP) is 2.45. The molecule has 12 nitrogen and oxygen atoms in total. The van der Waals surface area contributed by atoms with Crippen LogP contribution in [0.2, 0.25) is 0 Å². The van der Waals surface area contributed by atoms with E-state index < -0.39 is 39.0 Å². The molecule has 0 aliphatic carbocycles. The molecule has 1 saturated heterocycles. The number of thioether (sulfide) groups is 1. The summed E-state index contributed by atoms with van der Waals surface area (Å²) in [4.78, 5) is 25.8. The van der Waals surface area contributed by atoms with Gasteiger partial charge in [-0.15, -0.1) is 11.8 Å². The highest BCUT2D eigenvalue weighted by atomic mass is 127. The number of hydrogen-bond acceptors (Lipinski definition) is 10. The molecule has 0 radical (unpaired) electrons. The Morgan fingerprint density at radius 3 is 2.91 bits per heavy atom. The normalized spacial score (nSPS) is 24.6. The Labute approximate surface area is 210 Å². The van der Waals surface area contributed by atoms with E-state index in [2.05, 4.69) is 42.5 Å². The minimum absolute atomic E-state index is 0.152. The maximum atomic E-state index is 12.6. The van der Waals surface area contributed by atoms with Gasteiger partial charge in [-0.25, -0.2) is 19.5 Å². The van der Waals surface area contributed by atoms with Crippen molar-refractivity contribution in [3.8, 4) is 5.75 Å². The number of hydrogen-bond donors (Lipinski definition) is 4. The van der Waals surface area contributed by atoms with E-state index in [-0.39, 0.29) is 5.75 Å². The van der Waals surface area contributed by atoms with E-state index in [0.29, 0.717) is 21.6 Å². The molecular weight excluding hydrogens is 600 g/mol. The summed E-state index contributed by atoms with van der Waals surface area (Å²) in [6.07, 6.45) is 1.23. The van der Waals surface area contributed by atoms with Gasteiger partial charge in [0.25, 0.3) is 0 Å². The first kappa shape index (κ1) is 23.9. The van der Waals surface area contributed by atoms with Crippen molar-refractivity contribution in [2.45, 2.75) is 29.6 Å². The van der Waals surface area contributed by atoms with Crippen LogP contribution in [0.4, 0.5) is 0 Å². The summed E-state index contributed by atoms with van der Waals surface area (Å²) in [7, 11) is -4.57. The van der Waals surface area contributed by atoms with E-state index in [9.17, 15) is 19.7 Å². The fourth-order valence-electron chi connectivity index (χ4n) is 3.72. The maximum Gasteiger partial charge on any atom is 0.527 e. The van der Waals surface area contributed by atoms with Crippen molar-refractivity contribution in [3.05, 3.63) is 40.6 Å². The molecule has 1 aliphatic heterocycles. The van der Waals surface area contributed by atoms with Crippen molar-refractivity contribution in [1.82, 2.24) is 24.5 Å². The highest BCUT2D eigenvalue weighted by Gasteiger charge is 2.45. The van der Waals surface area contributed by atoms with Crippen LogP contribution in [0, 0.1) is 3.57 Å². The molecule has 4 heterocycles. The highest BCUT2D eigenvalue weighted by molar-refractivity contribution is 14.1. The van der Waals surface area contributed by atoms with Gasteiger partial charge in [0.15, 0.2) is 17.6 Å². The van der Waals surface area contributed by atoms with Gasteiger partial charge in [-0.2, -0.15) is 0 Å². The number of aromatic nitrogens is 5. The van der Waals surface area contributed by atoms with Crippen LogP contribution in [-0.2, 0) is 13.8 Å². The van der Waals surface area contributed by atoms with Crippen LogP contribution in [-0.4, -0.2) is 70.8 Å². The number of nitrogens with one attached hydrogen (secondary N) is 1. The Balaban J connectivity index is 1.29. The van der Waals surface area contributed by atoms with E-state index in [4.69, 9.17) is 13.8 Å². The second-order valence-electron chi connectivity index (χ2n) is 7.45. The van der Waals surface area contributed by atoms with Crippen LogP contribution >= 0.6 is 42.2 Å². The lowest BCUT2D eigenvalue weighted by Crippen LogP contribution is -2.33. The molecule has 0 bridgehead atoms. The summed E-state index contributed by atoms with van der Waals surface area (Å²) < 4.78 is 31.1. The van der Waals surface area contributed by atoms with Crippen LogP contribution in [0.5, 0.6) is 5.75 Å². The number of H-pyrrole nitrogens is 1. The zero-order chi connectivity index (χ0) is 24.0. The number of aliphatic hydroxyl groups is 2. The SMILES string of the molecule is CSc1ncnc2c1ncn2C1OC(COP(=O)(O)Oc2c[nH]c3ccc(I)cc23)C(O)C1O. The summed E-state index contributed by atoms with van der Waals surface area (Å²) in [6.45, 7) is -0.500. The van der Waals surface area contributed by atoms with E-state index in [1.165, 1.54) is 35.2 Å². The zero-order valence-electron chi connectivity index (χ0n) is 17.5. The lowest BCUT2D eigenvalue weighted by molar-refractivity contribution is -0.0501. The number of halogens is 1. The summed E-state index contributed by atoms with van der Waals surface area (Å²) in [6, 6.07) is 5.51. The maximum absolute atomic E-state index is 12.6. The molecule has 1 aromatic carbocycles. The van der Waals surface area contributed by atoms with E-state index >= 15 is 0 Å². The smallest absolute Gasteiger partial charge is 0.402 e. The monoisotopic (exact) mass is 619 g/mol. The third-order valence-electron chi connectivity index (χ3n) is 5.35. The highest BCUT2D eigenvalue weighted by Crippen LogP contribution is 2.47. The average Bonchev–Trinajstić information content (AvgIpc) is 3.49. The predicted molar refractivity (Wildman–Crippen MR) is 130 cm³/mol. The number of phosphoric acid groups is 1. The lowest BCUT2D eigenvalue weighted by Gasteiger charge is -2.17. The Kier molecular flexibility index (Phi) is 6.58. The van der Waals surface area contributed by atoms with Crippen molar-refractivity contribution < 1.29 is 33.5 Å². The molecule has 3 aromatic heterocycles. The summed E-state index contributed by atoms with van der Waals surface area (Å²) in [5, 5.41) is 22.3. The second kappa shape index (κ2) is 9.35. The molecule has 0 saturated carbocycles. The van der Waals surface area contributed by atoms with Crippen molar-refractivity contribution >= 4 is 64.2 Å². The van der Waals surface area contributed by atoms with E-state index in [1.807, 2.05) is 18.4 Å². The fraction of sp³-hybridized carbons (Fsp3) is 0.316. The lowest BCUT2D eigenvalue weighted by atomic mass is 10.1. The van der Waals surface area contributed by atoms with Gasteiger partial charge in [0.1, 0.15) is 35.2 Å². The van der Waals surface area contributed by atoms with Crippen LogP contribution in [0.25, 0.3) is 22.1 Å². The Morgan fingerprint density at radius 1 is 1.29 bits per heavy atom. The number of aromatic amines is 1. The summed E-state index contributed by atoms with van der Waals surface area (Å²) in [5.74, 6) is 0.152. The van der Waals surface area contributed by atoms with Gasteiger partial charge >= 0.3 is 7.82 Å². The molecule has 4 N–H and O–H groups in total. The average molecular weight is 619 g/mol. The van der Waals surface area contributed by atoms with Crippen molar-refractivity contribution in [2.75, 3.05) is 12.9 Å². The first-order chi connectivity index (χ1) is 16.3. The molecule has 180 valence electrons. The number of phosphoric ester groups is 1. The van der Waals surface area contributed by atoms with Crippen molar-refractivity contribution in [3.63, 3.8) is 0 Å². The van der Waals surface area contributed by atoms with Gasteiger partial charge in [0, 0.05) is 20.7 Å². The van der Waals surface area contributed by atoms with Crippen LogP contribution < -0.4 is 4.52 Å². The molecule has 5 rings (SSSR count). The second-order valence-corrected chi connectivity index (χ2v) is 10.9. The molecule has 15 heteroatoms. The molecule has 0 amide bonds. The number of ether oxygens (including phenoxy) is 1. The number of rotatable bonds is 7. The van der Waals surface area contributed by atoms with Gasteiger partial charge < -0.3 is 24.5 Å². The van der Waals surface area contributed by atoms with Crippen LogP contribution in [0.3, 0.4) is 0 Å². The molecule has 1 fully saturated rings. The van der Waals surface area contributed by atoms with Gasteiger partial charge in [-0.05, 0) is 47.0 Å². The molecule has 4 aromatic rings.